The number of benzene rings is 2. The molecule has 0 atom stereocenters. The molecule has 0 bridgehead atoms. The van der Waals surface area contributed by atoms with Crippen LogP contribution in [-0.4, -0.2) is 13.2 Å². The van der Waals surface area contributed by atoms with Crippen LogP contribution in [-0.2, 0) is 0 Å². The zero-order valence-electron chi connectivity index (χ0n) is 12.5. The molecule has 0 aliphatic carbocycles. The van der Waals surface area contributed by atoms with Crippen LogP contribution in [0.2, 0.25) is 0 Å². The second-order valence-corrected chi connectivity index (χ2v) is 5.15. The highest BCUT2D eigenvalue weighted by Crippen LogP contribution is 2.23. The molecule has 2 aromatic carbocycles. The van der Waals surface area contributed by atoms with E-state index < -0.39 is 0 Å². The Bertz CT molecular complexity index is 612. The van der Waals surface area contributed by atoms with Crippen molar-refractivity contribution >= 4 is 5.69 Å². The van der Waals surface area contributed by atoms with Gasteiger partial charge in [-0.1, -0.05) is 32.0 Å². The average Bonchev–Trinajstić information content (AvgIpc) is 2.52. The minimum Gasteiger partial charge on any atom is -0.492 e. The lowest BCUT2D eigenvalue weighted by molar-refractivity contribution is 0.333. The SMILES string of the molecule is CC(C)c1ccccc1NCCOc1ccc(C#N)cc1. The molecule has 0 fully saturated rings. The Morgan fingerprint density at radius 2 is 1.81 bits per heavy atom. The van der Waals surface area contributed by atoms with Gasteiger partial charge in [0.2, 0.25) is 0 Å². The molecule has 21 heavy (non-hydrogen) atoms. The summed E-state index contributed by atoms with van der Waals surface area (Å²) in [5.74, 6) is 1.28. The second-order valence-electron chi connectivity index (χ2n) is 5.15. The number of rotatable bonds is 6. The van der Waals surface area contributed by atoms with Crippen LogP contribution in [0.4, 0.5) is 5.69 Å². The topological polar surface area (TPSA) is 45.0 Å². The summed E-state index contributed by atoms with van der Waals surface area (Å²) in [6, 6.07) is 17.6. The molecule has 0 aliphatic heterocycles. The molecule has 3 heteroatoms. The van der Waals surface area contributed by atoms with E-state index in [2.05, 4.69) is 43.4 Å². The first kappa shape index (κ1) is 14.9. The Labute approximate surface area is 126 Å². The van der Waals surface area contributed by atoms with E-state index in [0.29, 0.717) is 18.1 Å². The van der Waals surface area contributed by atoms with Gasteiger partial charge in [0.15, 0.2) is 0 Å². The normalized spacial score (nSPS) is 10.2. The number of nitrogens with zero attached hydrogens (tertiary/aromatic N) is 1. The molecule has 0 heterocycles. The first-order valence-corrected chi connectivity index (χ1v) is 7.16. The summed E-state index contributed by atoms with van der Waals surface area (Å²) in [5.41, 5.74) is 3.12. The molecule has 3 nitrogen and oxygen atoms in total. The van der Waals surface area contributed by atoms with Gasteiger partial charge >= 0.3 is 0 Å². The maximum Gasteiger partial charge on any atom is 0.119 e. The number of nitriles is 1. The van der Waals surface area contributed by atoms with Crippen LogP contribution in [0.5, 0.6) is 5.75 Å². The van der Waals surface area contributed by atoms with E-state index in [0.717, 1.165) is 18.0 Å². The van der Waals surface area contributed by atoms with Crippen molar-refractivity contribution in [2.24, 2.45) is 0 Å². The van der Waals surface area contributed by atoms with E-state index in [1.54, 1.807) is 12.1 Å². The molecular formula is C18H20N2O. The molecular weight excluding hydrogens is 260 g/mol. The molecule has 0 unspecified atom stereocenters. The number of hydrogen-bond donors (Lipinski definition) is 1. The standard InChI is InChI=1S/C18H20N2O/c1-14(2)17-5-3-4-6-18(17)20-11-12-21-16-9-7-15(13-19)8-10-16/h3-10,14,20H,11-12H2,1-2H3. The monoisotopic (exact) mass is 280 g/mol. The lowest BCUT2D eigenvalue weighted by Crippen LogP contribution is -2.12. The van der Waals surface area contributed by atoms with E-state index in [-0.39, 0.29) is 0 Å². The molecule has 0 saturated carbocycles. The van der Waals surface area contributed by atoms with Gasteiger partial charge in [0.05, 0.1) is 11.6 Å². The van der Waals surface area contributed by atoms with Gasteiger partial charge in [0.25, 0.3) is 0 Å². The highest BCUT2D eigenvalue weighted by atomic mass is 16.5. The molecule has 0 saturated heterocycles. The molecule has 0 aromatic heterocycles. The van der Waals surface area contributed by atoms with Gasteiger partial charge < -0.3 is 10.1 Å². The van der Waals surface area contributed by atoms with Crippen molar-refractivity contribution in [2.45, 2.75) is 19.8 Å². The van der Waals surface area contributed by atoms with Crippen LogP contribution >= 0.6 is 0 Å². The van der Waals surface area contributed by atoms with Crippen molar-refractivity contribution in [1.82, 2.24) is 0 Å². The molecule has 0 spiro atoms. The highest BCUT2D eigenvalue weighted by Gasteiger charge is 2.04. The zero-order valence-corrected chi connectivity index (χ0v) is 12.5. The fourth-order valence-corrected chi connectivity index (χ4v) is 2.14. The van der Waals surface area contributed by atoms with E-state index >= 15 is 0 Å². The van der Waals surface area contributed by atoms with Gasteiger partial charge in [-0.25, -0.2) is 0 Å². The summed E-state index contributed by atoms with van der Waals surface area (Å²) < 4.78 is 5.66. The Hall–Kier alpha value is -2.47. The van der Waals surface area contributed by atoms with Crippen LogP contribution in [0, 0.1) is 11.3 Å². The van der Waals surface area contributed by atoms with E-state index in [9.17, 15) is 0 Å². The van der Waals surface area contributed by atoms with E-state index in [1.165, 1.54) is 5.56 Å². The fraction of sp³-hybridized carbons (Fsp3) is 0.278. The molecule has 2 rings (SSSR count). The lowest BCUT2D eigenvalue weighted by atomic mass is 10.0. The summed E-state index contributed by atoms with van der Waals surface area (Å²) in [5, 5.41) is 12.1. The Balaban J connectivity index is 1.83. The highest BCUT2D eigenvalue weighted by molar-refractivity contribution is 5.52. The van der Waals surface area contributed by atoms with Crippen LogP contribution < -0.4 is 10.1 Å². The van der Waals surface area contributed by atoms with E-state index in [4.69, 9.17) is 10.00 Å². The Morgan fingerprint density at radius 1 is 1.10 bits per heavy atom. The molecule has 0 aliphatic rings. The van der Waals surface area contributed by atoms with Gasteiger partial charge in [0.1, 0.15) is 12.4 Å². The second kappa shape index (κ2) is 7.35. The summed E-state index contributed by atoms with van der Waals surface area (Å²) in [6.07, 6.45) is 0. The predicted molar refractivity (Wildman–Crippen MR) is 85.7 cm³/mol. The zero-order chi connectivity index (χ0) is 15.1. The third-order valence-corrected chi connectivity index (χ3v) is 3.25. The number of anilines is 1. The quantitative estimate of drug-likeness (QED) is 0.808. The number of para-hydroxylation sites is 1. The third kappa shape index (κ3) is 4.25. The smallest absolute Gasteiger partial charge is 0.119 e. The van der Waals surface area contributed by atoms with Crippen LogP contribution in [0.25, 0.3) is 0 Å². The average molecular weight is 280 g/mol. The van der Waals surface area contributed by atoms with Crippen LogP contribution in [0.3, 0.4) is 0 Å². The number of nitrogens with one attached hydrogen (secondary N) is 1. The summed E-state index contributed by atoms with van der Waals surface area (Å²) in [4.78, 5) is 0. The maximum absolute atomic E-state index is 8.74. The third-order valence-electron chi connectivity index (χ3n) is 3.25. The largest absolute Gasteiger partial charge is 0.492 e. The fourth-order valence-electron chi connectivity index (χ4n) is 2.14. The lowest BCUT2D eigenvalue weighted by Gasteiger charge is -2.14. The molecule has 108 valence electrons. The predicted octanol–water partition coefficient (Wildman–Crippen LogP) is 4.17. The van der Waals surface area contributed by atoms with Gasteiger partial charge in [0, 0.05) is 12.2 Å². The minimum absolute atomic E-state index is 0.494. The minimum atomic E-state index is 0.494. The first-order chi connectivity index (χ1) is 10.2. The summed E-state index contributed by atoms with van der Waals surface area (Å²) in [7, 11) is 0. The maximum atomic E-state index is 8.74. The molecule has 0 amide bonds. The van der Waals surface area contributed by atoms with Gasteiger partial charge in [-0.2, -0.15) is 5.26 Å². The summed E-state index contributed by atoms with van der Waals surface area (Å²) in [6.45, 7) is 5.70. The van der Waals surface area contributed by atoms with Crippen molar-refractivity contribution in [3.8, 4) is 11.8 Å². The van der Waals surface area contributed by atoms with Crippen LogP contribution in [0.15, 0.2) is 48.5 Å². The van der Waals surface area contributed by atoms with Crippen LogP contribution in [0.1, 0.15) is 30.9 Å². The summed E-state index contributed by atoms with van der Waals surface area (Å²) >= 11 is 0. The Kier molecular flexibility index (Phi) is 5.22. The van der Waals surface area contributed by atoms with Crippen molar-refractivity contribution in [3.05, 3.63) is 59.7 Å². The van der Waals surface area contributed by atoms with Crippen molar-refractivity contribution in [2.75, 3.05) is 18.5 Å². The first-order valence-electron chi connectivity index (χ1n) is 7.16. The van der Waals surface area contributed by atoms with Crippen molar-refractivity contribution in [1.29, 1.82) is 5.26 Å². The van der Waals surface area contributed by atoms with E-state index in [1.807, 2.05) is 18.2 Å². The molecule has 1 N–H and O–H groups in total. The van der Waals surface area contributed by atoms with Gasteiger partial charge in [-0.05, 0) is 41.8 Å². The van der Waals surface area contributed by atoms with Crippen molar-refractivity contribution < 1.29 is 4.74 Å². The van der Waals surface area contributed by atoms with Gasteiger partial charge in [-0.3, -0.25) is 0 Å². The molecule has 0 radical (unpaired) electrons. The van der Waals surface area contributed by atoms with Crippen molar-refractivity contribution in [3.63, 3.8) is 0 Å². The van der Waals surface area contributed by atoms with Gasteiger partial charge in [-0.15, -0.1) is 0 Å². The molecule has 2 aromatic rings. The number of hydrogen-bond acceptors (Lipinski definition) is 3. The Morgan fingerprint density at radius 3 is 2.48 bits per heavy atom. The number of ether oxygens (including phenoxy) is 1.